The lowest BCUT2D eigenvalue weighted by molar-refractivity contribution is -0.139. The molecular weight excluding hydrogens is 392 g/mol. The number of benzene rings is 1. The molecule has 1 saturated carbocycles. The molecule has 2 aromatic rings. The Morgan fingerprint density at radius 1 is 1.07 bits per heavy atom. The normalized spacial score (nSPS) is 16.2. The minimum absolute atomic E-state index is 0.000776. The first-order valence-corrected chi connectivity index (χ1v) is 11.3. The number of sulfone groups is 1. The number of aryl methyl sites for hydroxylation is 1. The average Bonchev–Trinajstić information content (AvgIpc) is 3.23. The van der Waals surface area contributed by atoms with Gasteiger partial charge in [-0.05, 0) is 44.0 Å². The number of hydrogen-bond donors (Lipinski definition) is 2. The second kappa shape index (κ2) is 9.26. The van der Waals surface area contributed by atoms with E-state index in [2.05, 4.69) is 10.6 Å². The van der Waals surface area contributed by atoms with Crippen molar-refractivity contribution >= 4 is 21.7 Å². The largest absolute Gasteiger partial charge is 0.468 e. The van der Waals surface area contributed by atoms with Gasteiger partial charge in [0, 0.05) is 12.6 Å². The minimum Gasteiger partial charge on any atom is -0.468 e. The summed E-state index contributed by atoms with van der Waals surface area (Å²) >= 11 is 0. The van der Waals surface area contributed by atoms with Crippen molar-refractivity contribution in [2.24, 2.45) is 0 Å². The summed E-state index contributed by atoms with van der Waals surface area (Å²) in [7, 11) is -3.83. The van der Waals surface area contributed by atoms with Crippen LogP contribution in [0.15, 0.2) is 52.0 Å². The van der Waals surface area contributed by atoms with E-state index in [-0.39, 0.29) is 23.2 Å². The maximum Gasteiger partial charge on any atom is 0.309 e. The molecule has 2 N–H and O–H groups in total. The maximum atomic E-state index is 13.1. The average molecular weight is 419 g/mol. The SMILES string of the molecule is Cc1ccc(S(=O)(=O)[C@@H](CNC(=O)C(=O)NC2CCCCC2)c2ccco2)cc1. The summed E-state index contributed by atoms with van der Waals surface area (Å²) in [5.74, 6) is -1.37. The lowest BCUT2D eigenvalue weighted by Crippen LogP contribution is -2.46. The van der Waals surface area contributed by atoms with Gasteiger partial charge in [0.05, 0.1) is 11.2 Å². The Morgan fingerprint density at radius 3 is 2.38 bits per heavy atom. The Kier molecular flexibility index (Phi) is 6.74. The third-order valence-corrected chi connectivity index (χ3v) is 7.26. The molecule has 1 aromatic carbocycles. The predicted molar refractivity (Wildman–Crippen MR) is 108 cm³/mol. The van der Waals surface area contributed by atoms with Crippen LogP contribution in [0.4, 0.5) is 0 Å². The van der Waals surface area contributed by atoms with Crippen LogP contribution in [0.5, 0.6) is 0 Å². The molecule has 1 heterocycles. The highest BCUT2D eigenvalue weighted by atomic mass is 32.2. The Hall–Kier alpha value is -2.61. The van der Waals surface area contributed by atoms with Gasteiger partial charge >= 0.3 is 11.8 Å². The molecule has 29 heavy (non-hydrogen) atoms. The van der Waals surface area contributed by atoms with E-state index in [9.17, 15) is 18.0 Å². The molecule has 1 aliphatic rings. The lowest BCUT2D eigenvalue weighted by Gasteiger charge is -2.22. The van der Waals surface area contributed by atoms with Crippen molar-refractivity contribution in [3.63, 3.8) is 0 Å². The van der Waals surface area contributed by atoms with E-state index in [0.717, 1.165) is 37.7 Å². The molecule has 2 amide bonds. The predicted octanol–water partition coefficient (Wildman–Crippen LogP) is 2.67. The number of nitrogens with one attached hydrogen (secondary N) is 2. The number of amides is 2. The highest BCUT2D eigenvalue weighted by Gasteiger charge is 2.32. The molecule has 3 rings (SSSR count). The van der Waals surface area contributed by atoms with Gasteiger partial charge in [0.1, 0.15) is 11.0 Å². The van der Waals surface area contributed by atoms with Gasteiger partial charge in [0.15, 0.2) is 9.84 Å². The van der Waals surface area contributed by atoms with Crippen LogP contribution in [0, 0.1) is 6.92 Å². The molecule has 1 fully saturated rings. The minimum atomic E-state index is -3.83. The van der Waals surface area contributed by atoms with Crippen molar-refractivity contribution in [2.45, 2.75) is 55.2 Å². The van der Waals surface area contributed by atoms with Gasteiger partial charge in [-0.3, -0.25) is 9.59 Å². The summed E-state index contributed by atoms with van der Waals surface area (Å²) in [6.07, 6.45) is 6.29. The first-order chi connectivity index (χ1) is 13.9. The molecule has 7 nitrogen and oxygen atoms in total. The highest BCUT2D eigenvalue weighted by Crippen LogP contribution is 2.29. The van der Waals surface area contributed by atoms with Crippen LogP contribution >= 0.6 is 0 Å². The zero-order valence-corrected chi connectivity index (χ0v) is 17.2. The number of carbonyl (C=O) groups excluding carboxylic acids is 2. The van der Waals surface area contributed by atoms with Crippen LogP contribution < -0.4 is 10.6 Å². The van der Waals surface area contributed by atoms with Crippen LogP contribution in [0.25, 0.3) is 0 Å². The van der Waals surface area contributed by atoms with Gasteiger partial charge in [-0.15, -0.1) is 0 Å². The maximum absolute atomic E-state index is 13.1. The van der Waals surface area contributed by atoms with Crippen LogP contribution in [0.1, 0.15) is 48.7 Å². The van der Waals surface area contributed by atoms with Crippen molar-refractivity contribution < 1.29 is 22.4 Å². The van der Waals surface area contributed by atoms with Crippen molar-refractivity contribution in [1.29, 1.82) is 0 Å². The molecule has 156 valence electrons. The van der Waals surface area contributed by atoms with Crippen molar-refractivity contribution in [1.82, 2.24) is 10.6 Å². The molecule has 1 atom stereocenters. The Labute approximate surface area is 170 Å². The van der Waals surface area contributed by atoms with Gasteiger partial charge < -0.3 is 15.1 Å². The summed E-state index contributed by atoms with van der Waals surface area (Å²) < 4.78 is 31.6. The van der Waals surface area contributed by atoms with E-state index in [4.69, 9.17) is 4.42 Å². The molecule has 1 aliphatic carbocycles. The molecule has 0 radical (unpaired) electrons. The molecule has 0 saturated heterocycles. The summed E-state index contributed by atoms with van der Waals surface area (Å²) in [5.41, 5.74) is 0.936. The van der Waals surface area contributed by atoms with E-state index in [1.54, 1.807) is 24.3 Å². The molecule has 0 aliphatic heterocycles. The monoisotopic (exact) mass is 418 g/mol. The van der Waals surface area contributed by atoms with E-state index < -0.39 is 26.9 Å². The number of carbonyl (C=O) groups is 2. The topological polar surface area (TPSA) is 105 Å². The van der Waals surface area contributed by atoms with Crippen molar-refractivity contribution in [3.8, 4) is 0 Å². The third kappa shape index (κ3) is 5.26. The van der Waals surface area contributed by atoms with Crippen LogP contribution in [-0.2, 0) is 19.4 Å². The van der Waals surface area contributed by atoms with E-state index in [1.165, 1.54) is 18.4 Å². The third-order valence-electron chi connectivity index (χ3n) is 5.18. The fraction of sp³-hybridized carbons (Fsp3) is 0.429. The van der Waals surface area contributed by atoms with Gasteiger partial charge in [-0.2, -0.15) is 0 Å². The van der Waals surface area contributed by atoms with E-state index in [0.29, 0.717) is 0 Å². The Morgan fingerprint density at radius 2 is 1.76 bits per heavy atom. The summed E-state index contributed by atoms with van der Waals surface area (Å²) in [6, 6.07) is 9.61. The zero-order valence-electron chi connectivity index (χ0n) is 16.4. The van der Waals surface area contributed by atoms with Gasteiger partial charge in [0.2, 0.25) is 0 Å². The standard InChI is InChI=1S/C21H26N2O5S/c1-15-9-11-17(12-10-15)29(26,27)19(18-8-5-13-28-18)14-22-20(24)21(25)23-16-6-3-2-4-7-16/h5,8-13,16,19H,2-4,6-7,14H2,1H3,(H,22,24)(H,23,25)/t19-/m0/s1. The number of hydrogen-bond acceptors (Lipinski definition) is 5. The zero-order chi connectivity index (χ0) is 20.9. The van der Waals surface area contributed by atoms with Crippen LogP contribution in [0.3, 0.4) is 0 Å². The smallest absolute Gasteiger partial charge is 0.309 e. The fourth-order valence-corrected chi connectivity index (χ4v) is 5.08. The van der Waals surface area contributed by atoms with Gasteiger partial charge in [-0.1, -0.05) is 37.0 Å². The van der Waals surface area contributed by atoms with Crippen LogP contribution in [0.2, 0.25) is 0 Å². The van der Waals surface area contributed by atoms with E-state index >= 15 is 0 Å². The summed E-state index contributed by atoms with van der Waals surface area (Å²) in [4.78, 5) is 24.6. The lowest BCUT2D eigenvalue weighted by atomic mass is 9.95. The second-order valence-corrected chi connectivity index (χ2v) is 9.51. The second-order valence-electron chi connectivity index (χ2n) is 7.38. The van der Waals surface area contributed by atoms with Gasteiger partial charge in [-0.25, -0.2) is 8.42 Å². The van der Waals surface area contributed by atoms with Gasteiger partial charge in [0.25, 0.3) is 0 Å². The number of furan rings is 1. The molecular formula is C21H26N2O5S. The summed E-state index contributed by atoms with van der Waals surface area (Å²) in [5, 5.41) is 4.05. The van der Waals surface area contributed by atoms with Crippen molar-refractivity contribution in [3.05, 3.63) is 54.0 Å². The molecule has 0 spiro atoms. The fourth-order valence-electron chi connectivity index (χ4n) is 3.49. The number of rotatable bonds is 6. The summed E-state index contributed by atoms with van der Waals surface area (Å²) in [6.45, 7) is 1.60. The molecule has 0 bridgehead atoms. The molecule has 0 unspecified atom stereocenters. The Bertz CT molecular complexity index is 930. The Balaban J connectivity index is 1.70. The first-order valence-electron chi connectivity index (χ1n) is 9.80. The van der Waals surface area contributed by atoms with Crippen molar-refractivity contribution in [2.75, 3.05) is 6.54 Å². The molecule has 1 aromatic heterocycles. The van der Waals surface area contributed by atoms with E-state index in [1.807, 2.05) is 6.92 Å². The van der Waals surface area contributed by atoms with Crippen LogP contribution in [-0.4, -0.2) is 32.8 Å². The molecule has 8 heteroatoms. The highest BCUT2D eigenvalue weighted by molar-refractivity contribution is 7.91. The first kappa shape index (κ1) is 21.1. The quantitative estimate of drug-likeness (QED) is 0.702.